The molecule has 1 aromatic rings. The minimum Gasteiger partial charge on any atom is -0.304 e. The quantitative estimate of drug-likeness (QED) is 0.440. The van der Waals surface area contributed by atoms with Crippen LogP contribution in [0.1, 0.15) is 0 Å². The highest BCUT2D eigenvalue weighted by Crippen LogP contribution is 2.17. The molecule has 0 aromatic heterocycles. The summed E-state index contributed by atoms with van der Waals surface area (Å²) in [6.07, 6.45) is 0. The van der Waals surface area contributed by atoms with Crippen molar-refractivity contribution in [2.45, 2.75) is 0 Å². The highest BCUT2D eigenvalue weighted by Gasteiger charge is 2.05. The summed E-state index contributed by atoms with van der Waals surface area (Å²) in [4.78, 5) is 0. The number of thiocarbonyl (C=S) groups is 1. The van der Waals surface area contributed by atoms with E-state index in [9.17, 15) is 0 Å². The largest absolute Gasteiger partial charge is 0.304 e. The zero-order chi connectivity index (χ0) is 8.97. The molecule has 0 radical (unpaired) electrons. The van der Waals surface area contributed by atoms with Crippen LogP contribution in [-0.4, -0.2) is 5.11 Å². The highest BCUT2D eigenvalue weighted by molar-refractivity contribution is 14.1. The van der Waals surface area contributed by atoms with E-state index in [-0.39, 0.29) is 0 Å². The van der Waals surface area contributed by atoms with Crippen molar-refractivity contribution in [3.63, 3.8) is 0 Å². The van der Waals surface area contributed by atoms with Gasteiger partial charge in [0, 0.05) is 0 Å². The lowest BCUT2D eigenvalue weighted by Gasteiger charge is -2.15. The summed E-state index contributed by atoms with van der Waals surface area (Å²) in [7, 11) is 0. The van der Waals surface area contributed by atoms with E-state index in [1.807, 2.05) is 56.3 Å². The van der Waals surface area contributed by atoms with Crippen LogP contribution in [0.5, 0.6) is 0 Å². The summed E-state index contributed by atoms with van der Waals surface area (Å²) in [5, 5.41) is 0.697. The fourth-order valence-corrected chi connectivity index (χ4v) is 1.96. The lowest BCUT2D eigenvalue weighted by molar-refractivity contribution is 1.50. The molecule has 12 heavy (non-hydrogen) atoms. The Kier molecular flexibility index (Phi) is 4.51. The third-order valence-corrected chi connectivity index (χ3v) is 3.77. The number of benzene rings is 1. The molecular formula is C7H6I2N2S. The Balaban J connectivity index is 2.78. The van der Waals surface area contributed by atoms with Crippen molar-refractivity contribution in [3.05, 3.63) is 30.3 Å². The molecule has 64 valence electrons. The van der Waals surface area contributed by atoms with E-state index in [2.05, 4.69) is 26.4 Å². The number of anilines is 1. The molecule has 1 rings (SSSR count). The van der Waals surface area contributed by atoms with Crippen molar-refractivity contribution in [2.75, 3.05) is 3.11 Å². The van der Waals surface area contributed by atoms with Gasteiger partial charge in [-0.15, -0.1) is 0 Å². The average Bonchev–Trinajstić information content (AvgIpc) is 2.17. The van der Waals surface area contributed by atoms with Crippen LogP contribution < -0.4 is 6.64 Å². The van der Waals surface area contributed by atoms with Gasteiger partial charge in [-0.3, -0.25) is 3.11 Å². The number of nitrogens with one attached hydrogen (secondary N) is 1. The predicted octanol–water partition coefficient (Wildman–Crippen LogP) is 3.07. The number of halogens is 2. The molecule has 0 fully saturated rings. The van der Waals surface area contributed by atoms with Crippen molar-refractivity contribution in [1.82, 2.24) is 3.53 Å². The maximum absolute atomic E-state index is 5.06. The van der Waals surface area contributed by atoms with Gasteiger partial charge in [0.2, 0.25) is 0 Å². The molecule has 0 aliphatic rings. The first-order valence-corrected chi connectivity index (χ1v) is 5.62. The summed E-state index contributed by atoms with van der Waals surface area (Å²) >= 11 is 9.24. The molecule has 0 amide bonds. The minimum atomic E-state index is 0.697. The third kappa shape index (κ3) is 2.70. The monoisotopic (exact) mass is 404 g/mol. The number of para-hydroxylation sites is 1. The number of hydrogen-bond acceptors (Lipinski definition) is 1. The van der Waals surface area contributed by atoms with Gasteiger partial charge in [-0.05, 0) is 24.4 Å². The highest BCUT2D eigenvalue weighted by atomic mass is 127. The molecule has 0 saturated heterocycles. The predicted molar refractivity (Wildman–Crippen MR) is 72.7 cm³/mol. The average molecular weight is 404 g/mol. The first-order valence-electron chi connectivity index (χ1n) is 3.17. The van der Waals surface area contributed by atoms with Gasteiger partial charge in [-0.1, -0.05) is 18.2 Å². The molecule has 0 unspecified atom stereocenters. The molecule has 1 aromatic carbocycles. The zero-order valence-corrected chi connectivity index (χ0v) is 11.1. The molecule has 0 saturated carbocycles. The first-order chi connectivity index (χ1) is 5.75. The molecule has 0 aliphatic heterocycles. The number of nitrogens with zero attached hydrogens (tertiary/aromatic N) is 1. The Morgan fingerprint density at radius 1 is 1.33 bits per heavy atom. The van der Waals surface area contributed by atoms with Crippen LogP contribution in [0.4, 0.5) is 5.69 Å². The van der Waals surface area contributed by atoms with Crippen molar-refractivity contribution < 1.29 is 0 Å². The van der Waals surface area contributed by atoms with Crippen LogP contribution >= 0.6 is 57.9 Å². The van der Waals surface area contributed by atoms with E-state index in [0.717, 1.165) is 5.69 Å². The van der Waals surface area contributed by atoms with Gasteiger partial charge in [0.25, 0.3) is 0 Å². The summed E-state index contributed by atoms with van der Waals surface area (Å²) in [6, 6.07) is 9.96. The summed E-state index contributed by atoms with van der Waals surface area (Å²) in [5.74, 6) is 0. The van der Waals surface area contributed by atoms with Crippen LogP contribution in [0.3, 0.4) is 0 Å². The van der Waals surface area contributed by atoms with E-state index in [1.54, 1.807) is 0 Å². The number of rotatable bonds is 1. The molecular weight excluding hydrogens is 398 g/mol. The van der Waals surface area contributed by atoms with Crippen molar-refractivity contribution in [2.24, 2.45) is 0 Å². The fourth-order valence-electron chi connectivity index (χ4n) is 0.713. The lowest BCUT2D eigenvalue weighted by Crippen LogP contribution is -2.25. The van der Waals surface area contributed by atoms with Crippen molar-refractivity contribution in [3.8, 4) is 0 Å². The topological polar surface area (TPSA) is 15.3 Å². The van der Waals surface area contributed by atoms with Crippen LogP contribution in [-0.2, 0) is 0 Å². The van der Waals surface area contributed by atoms with Crippen molar-refractivity contribution in [1.29, 1.82) is 0 Å². The van der Waals surface area contributed by atoms with Gasteiger partial charge in [-0.2, -0.15) is 0 Å². The summed E-state index contributed by atoms with van der Waals surface area (Å²) in [6.45, 7) is 0. The van der Waals surface area contributed by atoms with Gasteiger partial charge in [-0.25, -0.2) is 0 Å². The van der Waals surface area contributed by atoms with Gasteiger partial charge in [0.1, 0.15) is 0 Å². The fraction of sp³-hybridized carbons (Fsp3) is 0. The van der Waals surface area contributed by atoms with E-state index < -0.39 is 0 Å². The Morgan fingerprint density at radius 3 is 2.42 bits per heavy atom. The number of hydrogen-bond donors (Lipinski definition) is 1. The van der Waals surface area contributed by atoms with E-state index in [4.69, 9.17) is 12.2 Å². The Bertz CT molecular complexity index is 265. The van der Waals surface area contributed by atoms with Gasteiger partial charge < -0.3 is 3.53 Å². The van der Waals surface area contributed by atoms with Gasteiger partial charge >= 0.3 is 0 Å². The standard InChI is InChI=1S/C7H6I2N2S/c8-10-7(12)11(9)6-4-2-1-3-5-6/h1-5H,(H,10,12). The molecule has 0 bridgehead atoms. The Labute approximate surface area is 105 Å². The van der Waals surface area contributed by atoms with Crippen LogP contribution in [0.25, 0.3) is 0 Å². The van der Waals surface area contributed by atoms with Crippen LogP contribution in [0.2, 0.25) is 0 Å². The maximum Gasteiger partial charge on any atom is 0.191 e. The molecule has 0 spiro atoms. The second kappa shape index (κ2) is 5.18. The molecule has 1 N–H and O–H groups in total. The smallest absolute Gasteiger partial charge is 0.191 e. The van der Waals surface area contributed by atoms with E-state index in [1.165, 1.54) is 0 Å². The maximum atomic E-state index is 5.06. The third-order valence-electron chi connectivity index (χ3n) is 1.24. The van der Waals surface area contributed by atoms with Crippen LogP contribution in [0, 0.1) is 0 Å². The van der Waals surface area contributed by atoms with Crippen LogP contribution in [0.15, 0.2) is 30.3 Å². The molecule has 5 heteroatoms. The molecule has 0 atom stereocenters. The second-order valence-corrected chi connectivity index (χ2v) is 3.91. The van der Waals surface area contributed by atoms with Gasteiger partial charge in [0.05, 0.1) is 51.4 Å². The first kappa shape index (κ1) is 10.5. The van der Waals surface area contributed by atoms with Crippen molar-refractivity contribution >= 4 is 68.7 Å². The summed E-state index contributed by atoms with van der Waals surface area (Å²) < 4.78 is 4.77. The van der Waals surface area contributed by atoms with E-state index in [0.29, 0.717) is 5.11 Å². The lowest BCUT2D eigenvalue weighted by atomic mass is 10.3. The molecule has 2 nitrogen and oxygen atoms in total. The molecule has 0 aliphatic carbocycles. The zero-order valence-electron chi connectivity index (χ0n) is 6.00. The molecule has 0 heterocycles. The minimum absolute atomic E-state index is 0.697. The Morgan fingerprint density at radius 2 is 1.92 bits per heavy atom. The van der Waals surface area contributed by atoms with E-state index >= 15 is 0 Å². The summed E-state index contributed by atoms with van der Waals surface area (Å²) in [5.41, 5.74) is 1.08. The Hall–Kier alpha value is 0.370. The second-order valence-electron chi connectivity index (χ2n) is 2.02. The SMILES string of the molecule is S=C(NI)N(I)c1ccccc1. The normalized spacial score (nSPS) is 9.17. The van der Waals surface area contributed by atoms with Gasteiger partial charge in [0.15, 0.2) is 5.11 Å².